The van der Waals surface area contributed by atoms with Gasteiger partial charge in [-0.2, -0.15) is 0 Å². The Kier molecular flexibility index (Phi) is 9.38. The van der Waals surface area contributed by atoms with Crippen LogP contribution in [0, 0.1) is 0 Å². The Hall–Kier alpha value is -1.48. The first-order valence-electron chi connectivity index (χ1n) is 7.39. The zero-order valence-electron chi connectivity index (χ0n) is 13.0. The van der Waals surface area contributed by atoms with Crippen LogP contribution in [0.4, 0.5) is 0 Å². The highest BCUT2D eigenvalue weighted by molar-refractivity contribution is 7.99. The van der Waals surface area contributed by atoms with E-state index in [1.54, 1.807) is 6.20 Å². The Balaban J connectivity index is 2.39. The maximum absolute atomic E-state index is 4.38. The summed E-state index contributed by atoms with van der Waals surface area (Å²) in [5.41, 5.74) is 3.79. The number of aryl methyl sites for hydroxylation is 1. The molecule has 21 heavy (non-hydrogen) atoms. The average molecular weight is 302 g/mol. The molecule has 0 aliphatic carbocycles. The number of hydrogen-bond donors (Lipinski definition) is 1. The van der Waals surface area contributed by atoms with Crippen LogP contribution in [-0.2, 0) is 6.42 Å². The summed E-state index contributed by atoms with van der Waals surface area (Å²) < 4.78 is 0. The molecule has 0 atom stereocenters. The van der Waals surface area contributed by atoms with Crippen LogP contribution in [0.2, 0.25) is 0 Å². The molecule has 0 saturated heterocycles. The van der Waals surface area contributed by atoms with Gasteiger partial charge in [0.1, 0.15) is 0 Å². The van der Waals surface area contributed by atoms with Crippen LogP contribution < -0.4 is 5.32 Å². The normalized spacial score (nSPS) is 11.2. The Labute approximate surface area is 133 Å². The van der Waals surface area contributed by atoms with Crippen LogP contribution in [0.25, 0.3) is 0 Å². The van der Waals surface area contributed by atoms with Gasteiger partial charge < -0.3 is 5.32 Å². The van der Waals surface area contributed by atoms with Gasteiger partial charge in [-0.3, -0.25) is 4.99 Å². The molecule has 0 aliphatic heterocycles. The Bertz CT molecular complexity index is 449. The van der Waals surface area contributed by atoms with E-state index in [4.69, 9.17) is 0 Å². The van der Waals surface area contributed by atoms with Crippen molar-refractivity contribution >= 4 is 17.5 Å². The molecule has 1 N–H and O–H groups in total. The molecule has 0 heterocycles. The maximum atomic E-state index is 4.38. The third kappa shape index (κ3) is 7.19. The molecule has 0 fully saturated rings. The maximum Gasteiger partial charge on any atom is 0.0605 e. The molecule has 0 unspecified atom stereocenters. The van der Waals surface area contributed by atoms with Gasteiger partial charge in [0.05, 0.1) is 5.88 Å². The number of benzene rings is 1. The Morgan fingerprint density at radius 3 is 2.67 bits per heavy atom. The third-order valence-corrected chi connectivity index (χ3v) is 4.17. The molecule has 0 radical (unpaired) electrons. The lowest BCUT2D eigenvalue weighted by Gasteiger charge is -2.07. The van der Waals surface area contributed by atoms with Gasteiger partial charge in [-0.05, 0) is 48.8 Å². The van der Waals surface area contributed by atoms with E-state index in [1.165, 1.54) is 23.3 Å². The number of nitrogens with zero attached hydrogens (tertiary/aromatic N) is 1. The number of hydrogen-bond acceptors (Lipinski definition) is 3. The third-order valence-electron chi connectivity index (χ3n) is 3.23. The van der Waals surface area contributed by atoms with Crippen molar-refractivity contribution in [1.82, 2.24) is 5.32 Å². The zero-order chi connectivity index (χ0) is 15.3. The highest BCUT2D eigenvalue weighted by Crippen LogP contribution is 2.12. The first-order chi connectivity index (χ1) is 10.3. The van der Waals surface area contributed by atoms with Gasteiger partial charge in [-0.15, -0.1) is 18.3 Å². The summed E-state index contributed by atoms with van der Waals surface area (Å²) in [5.74, 6) is 2.12. The highest BCUT2D eigenvalue weighted by atomic mass is 32.2. The van der Waals surface area contributed by atoms with Gasteiger partial charge in [0.25, 0.3) is 0 Å². The van der Waals surface area contributed by atoms with Crippen molar-refractivity contribution < 1.29 is 0 Å². The molecule has 0 saturated carbocycles. The predicted octanol–water partition coefficient (Wildman–Crippen LogP) is 4.43. The number of allylic oxidation sites excluding steroid dienone is 1. The fourth-order valence-electron chi connectivity index (χ4n) is 2.06. The Morgan fingerprint density at radius 1 is 1.29 bits per heavy atom. The van der Waals surface area contributed by atoms with Crippen molar-refractivity contribution in [1.29, 1.82) is 0 Å². The van der Waals surface area contributed by atoms with Gasteiger partial charge in [0.2, 0.25) is 0 Å². The van der Waals surface area contributed by atoms with Crippen LogP contribution in [0.15, 0.2) is 54.7 Å². The number of nitrogens with one attached hydrogen (secondary N) is 1. The molecular weight excluding hydrogens is 276 g/mol. The summed E-state index contributed by atoms with van der Waals surface area (Å²) in [6.07, 6.45) is 7.96. The highest BCUT2D eigenvalue weighted by Gasteiger charge is 2.02. The molecule has 0 amide bonds. The first kappa shape index (κ1) is 17.6. The number of aliphatic imine (C=N–C) groups is 1. The van der Waals surface area contributed by atoms with Crippen LogP contribution >= 0.6 is 11.8 Å². The molecule has 1 aromatic carbocycles. The van der Waals surface area contributed by atoms with E-state index in [0.717, 1.165) is 30.9 Å². The lowest BCUT2D eigenvalue weighted by atomic mass is 10.0. The molecule has 0 bridgehead atoms. The average Bonchev–Trinajstić information content (AvgIpc) is 2.53. The molecule has 2 nitrogen and oxygen atoms in total. The van der Waals surface area contributed by atoms with Crippen LogP contribution in [-0.4, -0.2) is 24.4 Å². The van der Waals surface area contributed by atoms with Crippen LogP contribution in [0.3, 0.4) is 0 Å². The minimum absolute atomic E-state index is 0.946. The van der Waals surface area contributed by atoms with Crippen molar-refractivity contribution in [3.63, 3.8) is 0 Å². The lowest BCUT2D eigenvalue weighted by Crippen LogP contribution is -2.03. The summed E-state index contributed by atoms with van der Waals surface area (Å²) in [4.78, 5) is 4.38. The minimum atomic E-state index is 0.946. The standard InChI is InChI=1S/C18H26N2S/c1-4-6-9-18(19-3)17-12-10-16(11-13-17)8-7-14-21-15-20-5-2/h4-5,10-13,20H,1-2,6-9,14-15H2,3H3. The van der Waals surface area contributed by atoms with Crippen molar-refractivity contribution in [2.24, 2.45) is 4.99 Å². The number of rotatable bonds is 11. The summed E-state index contributed by atoms with van der Waals surface area (Å²) in [5, 5.41) is 3.10. The summed E-state index contributed by atoms with van der Waals surface area (Å²) >= 11 is 1.91. The monoisotopic (exact) mass is 302 g/mol. The topological polar surface area (TPSA) is 24.4 Å². The molecule has 114 valence electrons. The zero-order valence-corrected chi connectivity index (χ0v) is 13.8. The molecule has 0 spiro atoms. The SMILES string of the molecule is C=CCCC(=NC)c1ccc(CCCSCNC=C)cc1. The van der Waals surface area contributed by atoms with Gasteiger partial charge in [-0.1, -0.05) is 36.9 Å². The fraction of sp³-hybridized carbons (Fsp3) is 0.389. The summed E-state index contributed by atoms with van der Waals surface area (Å²) in [6, 6.07) is 8.82. The van der Waals surface area contributed by atoms with E-state index in [0.29, 0.717) is 0 Å². The van der Waals surface area contributed by atoms with E-state index < -0.39 is 0 Å². The number of thioether (sulfide) groups is 1. The van der Waals surface area contributed by atoms with Crippen molar-refractivity contribution in [2.45, 2.75) is 25.7 Å². The van der Waals surface area contributed by atoms with Crippen molar-refractivity contribution in [3.05, 3.63) is 60.8 Å². The van der Waals surface area contributed by atoms with E-state index in [-0.39, 0.29) is 0 Å². The van der Waals surface area contributed by atoms with Crippen LogP contribution in [0.5, 0.6) is 0 Å². The van der Waals surface area contributed by atoms with Gasteiger partial charge in [0, 0.05) is 12.8 Å². The van der Waals surface area contributed by atoms with E-state index in [9.17, 15) is 0 Å². The lowest BCUT2D eigenvalue weighted by molar-refractivity contribution is 0.929. The first-order valence-corrected chi connectivity index (χ1v) is 8.55. The van der Waals surface area contributed by atoms with Crippen LogP contribution in [0.1, 0.15) is 30.4 Å². The Morgan fingerprint density at radius 2 is 2.05 bits per heavy atom. The van der Waals surface area contributed by atoms with Gasteiger partial charge in [0.15, 0.2) is 0 Å². The molecule has 3 heteroatoms. The van der Waals surface area contributed by atoms with Crippen molar-refractivity contribution in [2.75, 3.05) is 18.7 Å². The second-order valence-corrected chi connectivity index (χ2v) is 5.86. The van der Waals surface area contributed by atoms with Crippen molar-refractivity contribution in [3.8, 4) is 0 Å². The minimum Gasteiger partial charge on any atom is -0.382 e. The van der Waals surface area contributed by atoms with Gasteiger partial charge >= 0.3 is 0 Å². The van der Waals surface area contributed by atoms with E-state index >= 15 is 0 Å². The van der Waals surface area contributed by atoms with Gasteiger partial charge in [-0.25, -0.2) is 0 Å². The van der Waals surface area contributed by atoms with E-state index in [2.05, 4.69) is 47.7 Å². The largest absolute Gasteiger partial charge is 0.382 e. The fourth-order valence-corrected chi connectivity index (χ4v) is 2.78. The molecule has 0 aromatic heterocycles. The molecular formula is C18H26N2S. The molecule has 0 aliphatic rings. The second kappa shape index (κ2) is 11.2. The quantitative estimate of drug-likeness (QED) is 0.283. The smallest absolute Gasteiger partial charge is 0.0605 e. The molecule has 1 rings (SSSR count). The second-order valence-electron chi connectivity index (χ2n) is 4.76. The summed E-state index contributed by atoms with van der Waals surface area (Å²) in [6.45, 7) is 7.40. The molecule has 1 aromatic rings. The summed E-state index contributed by atoms with van der Waals surface area (Å²) in [7, 11) is 1.86. The predicted molar refractivity (Wildman–Crippen MR) is 97.3 cm³/mol. The van der Waals surface area contributed by atoms with E-state index in [1.807, 2.05) is 24.9 Å².